The van der Waals surface area contributed by atoms with Crippen molar-refractivity contribution >= 4 is 27.5 Å². The monoisotopic (exact) mass is 443 g/mol. The van der Waals surface area contributed by atoms with Gasteiger partial charge in [0.2, 0.25) is 21.8 Å². The third kappa shape index (κ3) is 5.32. The molecular formula is C23H29N3O4S. The van der Waals surface area contributed by atoms with E-state index in [0.717, 1.165) is 0 Å². The summed E-state index contributed by atoms with van der Waals surface area (Å²) in [6.45, 7) is 8.30. The molecule has 0 aromatic heterocycles. The highest BCUT2D eigenvalue weighted by atomic mass is 32.2. The minimum Gasteiger partial charge on any atom is -0.340 e. The molecule has 8 heteroatoms. The van der Waals surface area contributed by atoms with Gasteiger partial charge in [-0.25, -0.2) is 8.42 Å². The van der Waals surface area contributed by atoms with Crippen LogP contribution in [-0.2, 0) is 19.6 Å². The molecule has 0 spiro atoms. The van der Waals surface area contributed by atoms with E-state index in [1.165, 1.54) is 36.8 Å². The first-order valence-corrected chi connectivity index (χ1v) is 11.7. The molecule has 2 aromatic rings. The highest BCUT2D eigenvalue weighted by molar-refractivity contribution is 7.89. The molecule has 2 atom stereocenters. The van der Waals surface area contributed by atoms with Crippen LogP contribution in [0.15, 0.2) is 59.5 Å². The first kappa shape index (κ1) is 23.0. The second-order valence-corrected chi connectivity index (χ2v) is 10.4. The van der Waals surface area contributed by atoms with Crippen LogP contribution < -0.4 is 10.0 Å². The zero-order chi connectivity index (χ0) is 22.8. The van der Waals surface area contributed by atoms with Crippen LogP contribution >= 0.6 is 0 Å². The van der Waals surface area contributed by atoms with Crippen LogP contribution in [0.1, 0.15) is 39.2 Å². The number of carbonyl (C=O) groups excluding carboxylic acids is 2. The van der Waals surface area contributed by atoms with Crippen LogP contribution in [0.4, 0.5) is 5.69 Å². The maximum Gasteiger partial charge on any atom is 0.241 e. The Morgan fingerprint density at radius 3 is 2.26 bits per heavy atom. The lowest BCUT2D eigenvalue weighted by molar-refractivity contribution is -0.131. The number of hydrogen-bond donors (Lipinski definition) is 2. The van der Waals surface area contributed by atoms with Crippen LogP contribution in [-0.4, -0.2) is 44.3 Å². The topological polar surface area (TPSA) is 95.6 Å². The van der Waals surface area contributed by atoms with Gasteiger partial charge >= 0.3 is 0 Å². The fraction of sp³-hybridized carbons (Fsp3) is 0.391. The summed E-state index contributed by atoms with van der Waals surface area (Å²) in [6, 6.07) is 15.0. The number of hydrogen-bond acceptors (Lipinski definition) is 4. The quantitative estimate of drug-likeness (QED) is 0.718. The average molecular weight is 444 g/mol. The van der Waals surface area contributed by atoms with E-state index in [-0.39, 0.29) is 28.0 Å². The minimum atomic E-state index is -3.88. The van der Waals surface area contributed by atoms with Gasteiger partial charge in [0.1, 0.15) is 0 Å². The molecule has 1 heterocycles. The molecule has 3 rings (SSSR count). The van der Waals surface area contributed by atoms with Gasteiger partial charge in [-0.1, -0.05) is 44.2 Å². The van der Waals surface area contributed by atoms with Crippen molar-refractivity contribution in [1.29, 1.82) is 0 Å². The van der Waals surface area contributed by atoms with Gasteiger partial charge in [-0.05, 0) is 42.2 Å². The van der Waals surface area contributed by atoms with Crippen LogP contribution in [0.25, 0.3) is 0 Å². The van der Waals surface area contributed by atoms with Gasteiger partial charge in [0.15, 0.2) is 0 Å². The smallest absolute Gasteiger partial charge is 0.241 e. The molecule has 166 valence electrons. The molecule has 1 fully saturated rings. The summed E-state index contributed by atoms with van der Waals surface area (Å²) in [6.07, 6.45) is 0. The number of sulfonamides is 1. The van der Waals surface area contributed by atoms with Crippen molar-refractivity contribution in [3.63, 3.8) is 0 Å². The largest absolute Gasteiger partial charge is 0.340 e. The molecule has 2 amide bonds. The van der Waals surface area contributed by atoms with E-state index in [0.29, 0.717) is 18.8 Å². The van der Waals surface area contributed by atoms with Gasteiger partial charge in [-0.2, -0.15) is 4.72 Å². The van der Waals surface area contributed by atoms with Crippen LogP contribution in [0.3, 0.4) is 0 Å². The van der Waals surface area contributed by atoms with Crippen LogP contribution in [0, 0.1) is 5.41 Å². The number of benzene rings is 2. The van der Waals surface area contributed by atoms with Crippen molar-refractivity contribution in [2.75, 3.05) is 18.4 Å². The maximum atomic E-state index is 13.0. The Balaban J connectivity index is 1.69. The molecule has 2 N–H and O–H groups in total. The minimum absolute atomic E-state index is 0.0326. The van der Waals surface area contributed by atoms with E-state index in [4.69, 9.17) is 0 Å². The summed E-state index contributed by atoms with van der Waals surface area (Å²) in [5.74, 6) is -0.303. The molecule has 1 aliphatic rings. The van der Waals surface area contributed by atoms with E-state index in [1.54, 1.807) is 11.8 Å². The number of rotatable bonds is 6. The SMILES string of the molecule is CC(=O)Nc1ccc(S(=O)(=O)N[C@@H](C)C(=O)N2CC(c3ccccc3)C(C)(C)C2)cc1. The molecule has 0 bridgehead atoms. The Bertz CT molecular complexity index is 1050. The van der Waals surface area contributed by atoms with Crippen molar-refractivity contribution in [2.24, 2.45) is 5.41 Å². The Hall–Kier alpha value is -2.71. The summed E-state index contributed by atoms with van der Waals surface area (Å²) >= 11 is 0. The van der Waals surface area contributed by atoms with Gasteiger partial charge in [-0.3, -0.25) is 9.59 Å². The van der Waals surface area contributed by atoms with E-state index in [2.05, 4.69) is 36.0 Å². The molecule has 1 saturated heterocycles. The predicted molar refractivity (Wildman–Crippen MR) is 120 cm³/mol. The van der Waals surface area contributed by atoms with Crippen molar-refractivity contribution < 1.29 is 18.0 Å². The van der Waals surface area contributed by atoms with Gasteiger partial charge < -0.3 is 10.2 Å². The third-order valence-electron chi connectivity index (χ3n) is 5.65. The number of carbonyl (C=O) groups is 2. The van der Waals surface area contributed by atoms with E-state index in [1.807, 2.05) is 18.2 Å². The first-order chi connectivity index (χ1) is 14.5. The molecule has 1 aliphatic heterocycles. The maximum absolute atomic E-state index is 13.0. The van der Waals surface area contributed by atoms with E-state index >= 15 is 0 Å². The average Bonchev–Trinajstić information content (AvgIpc) is 3.02. The molecule has 7 nitrogen and oxygen atoms in total. The van der Waals surface area contributed by atoms with Crippen LogP contribution in [0.2, 0.25) is 0 Å². The molecular weight excluding hydrogens is 414 g/mol. The lowest BCUT2D eigenvalue weighted by Crippen LogP contribution is -2.46. The molecule has 0 radical (unpaired) electrons. The molecule has 1 unspecified atom stereocenters. The van der Waals surface area contributed by atoms with E-state index in [9.17, 15) is 18.0 Å². The zero-order valence-corrected chi connectivity index (χ0v) is 19.1. The van der Waals surface area contributed by atoms with Gasteiger partial charge in [-0.15, -0.1) is 0 Å². The predicted octanol–water partition coefficient (Wildman–Crippen LogP) is 2.96. The third-order valence-corrected chi connectivity index (χ3v) is 7.20. The van der Waals surface area contributed by atoms with Gasteiger partial charge in [0.05, 0.1) is 10.9 Å². The lowest BCUT2D eigenvalue weighted by atomic mass is 9.78. The number of nitrogens with one attached hydrogen (secondary N) is 2. The lowest BCUT2D eigenvalue weighted by Gasteiger charge is -2.25. The molecule has 0 saturated carbocycles. The molecule has 0 aliphatic carbocycles. The summed E-state index contributed by atoms with van der Waals surface area (Å²) in [5.41, 5.74) is 1.56. The fourth-order valence-corrected chi connectivity index (χ4v) is 5.29. The Kier molecular flexibility index (Phi) is 6.52. The highest BCUT2D eigenvalue weighted by Gasteiger charge is 2.43. The number of amides is 2. The standard InChI is InChI=1S/C23H29N3O4S/c1-16(25-31(29,30)20-12-10-19(11-13-20)24-17(2)27)22(28)26-14-21(23(3,4)15-26)18-8-6-5-7-9-18/h5-13,16,21,25H,14-15H2,1-4H3,(H,24,27)/t16-,21?/m0/s1. The van der Waals surface area contributed by atoms with Crippen molar-refractivity contribution in [3.05, 3.63) is 60.2 Å². The second-order valence-electron chi connectivity index (χ2n) is 8.72. The summed E-state index contributed by atoms with van der Waals surface area (Å²) < 4.78 is 28.0. The Morgan fingerprint density at radius 2 is 1.68 bits per heavy atom. The normalized spacial score (nSPS) is 19.1. The number of anilines is 1. The van der Waals surface area contributed by atoms with Crippen molar-refractivity contribution in [1.82, 2.24) is 9.62 Å². The second kappa shape index (κ2) is 8.80. The van der Waals surface area contributed by atoms with E-state index < -0.39 is 16.1 Å². The number of likely N-dealkylation sites (tertiary alicyclic amines) is 1. The van der Waals surface area contributed by atoms with Crippen molar-refractivity contribution in [3.8, 4) is 0 Å². The van der Waals surface area contributed by atoms with Crippen LogP contribution in [0.5, 0.6) is 0 Å². The van der Waals surface area contributed by atoms with Crippen molar-refractivity contribution in [2.45, 2.75) is 44.6 Å². The summed E-state index contributed by atoms with van der Waals surface area (Å²) in [7, 11) is -3.88. The highest BCUT2D eigenvalue weighted by Crippen LogP contribution is 2.42. The van der Waals surface area contributed by atoms with Gasteiger partial charge in [0.25, 0.3) is 0 Å². The summed E-state index contributed by atoms with van der Waals surface area (Å²) in [5, 5.41) is 2.59. The molecule has 2 aromatic carbocycles. The molecule has 31 heavy (non-hydrogen) atoms. The fourth-order valence-electron chi connectivity index (χ4n) is 4.09. The number of nitrogens with zero attached hydrogens (tertiary/aromatic N) is 1. The Morgan fingerprint density at radius 1 is 1.06 bits per heavy atom. The van der Waals surface area contributed by atoms with Gasteiger partial charge in [0, 0.05) is 31.6 Å². The Labute approximate surface area is 183 Å². The first-order valence-electron chi connectivity index (χ1n) is 10.2. The zero-order valence-electron chi connectivity index (χ0n) is 18.3. The summed E-state index contributed by atoms with van der Waals surface area (Å²) in [4.78, 5) is 25.9.